The second-order valence-electron chi connectivity index (χ2n) is 3.87. The van der Waals surface area contributed by atoms with Crippen molar-refractivity contribution in [2.75, 3.05) is 0 Å². The van der Waals surface area contributed by atoms with E-state index < -0.39 is 0 Å². The highest BCUT2D eigenvalue weighted by Gasteiger charge is 2.06. The quantitative estimate of drug-likeness (QED) is 0.512. The summed E-state index contributed by atoms with van der Waals surface area (Å²) in [7, 11) is 0. The molecule has 0 amide bonds. The van der Waals surface area contributed by atoms with Crippen LogP contribution in [0.2, 0.25) is 0 Å². The van der Waals surface area contributed by atoms with Crippen molar-refractivity contribution >= 4 is 0 Å². The second-order valence-corrected chi connectivity index (χ2v) is 3.87. The van der Waals surface area contributed by atoms with Gasteiger partial charge in [0.1, 0.15) is 0 Å². The lowest BCUT2D eigenvalue weighted by Crippen LogP contribution is -1.99. The fraction of sp³-hybridized carbons (Fsp3) is 0.917. The molecule has 0 aliphatic heterocycles. The lowest BCUT2D eigenvalue weighted by atomic mass is 9.93. The van der Waals surface area contributed by atoms with Crippen LogP contribution in [0, 0.1) is 17.2 Å². The van der Waals surface area contributed by atoms with Crippen LogP contribution in [0.25, 0.3) is 0 Å². The van der Waals surface area contributed by atoms with Crippen LogP contribution in [-0.4, -0.2) is 0 Å². The number of unbranched alkanes of at least 4 members (excludes halogenated alkanes) is 3. The SMILES string of the molecule is CCCCCC(CC#N)CCCC. The average molecular weight is 181 g/mol. The van der Waals surface area contributed by atoms with E-state index in [0.717, 1.165) is 6.42 Å². The second kappa shape index (κ2) is 9.58. The molecule has 1 atom stereocenters. The Morgan fingerprint density at radius 2 is 1.62 bits per heavy atom. The molecule has 0 saturated heterocycles. The smallest absolute Gasteiger partial charge is 0.0624 e. The van der Waals surface area contributed by atoms with Gasteiger partial charge < -0.3 is 0 Å². The normalized spacial score (nSPS) is 12.4. The Labute approximate surface area is 83.1 Å². The lowest BCUT2D eigenvalue weighted by molar-refractivity contribution is 0.422. The first-order chi connectivity index (χ1) is 6.35. The van der Waals surface area contributed by atoms with E-state index in [2.05, 4.69) is 19.9 Å². The zero-order chi connectivity index (χ0) is 9.94. The minimum atomic E-state index is 0.677. The van der Waals surface area contributed by atoms with Gasteiger partial charge in [-0.05, 0) is 18.8 Å². The molecule has 0 aromatic rings. The van der Waals surface area contributed by atoms with E-state index in [1.165, 1.54) is 44.9 Å². The van der Waals surface area contributed by atoms with Gasteiger partial charge in [-0.2, -0.15) is 5.26 Å². The van der Waals surface area contributed by atoms with E-state index >= 15 is 0 Å². The predicted molar refractivity (Wildman–Crippen MR) is 57.4 cm³/mol. The molecule has 0 aromatic heterocycles. The van der Waals surface area contributed by atoms with Crippen molar-refractivity contribution in [2.24, 2.45) is 5.92 Å². The molecule has 0 spiro atoms. The molecule has 0 aliphatic carbocycles. The maximum Gasteiger partial charge on any atom is 0.0624 e. The van der Waals surface area contributed by atoms with E-state index in [9.17, 15) is 0 Å². The van der Waals surface area contributed by atoms with Gasteiger partial charge >= 0.3 is 0 Å². The lowest BCUT2D eigenvalue weighted by Gasteiger charge is -2.11. The van der Waals surface area contributed by atoms with Crippen LogP contribution in [-0.2, 0) is 0 Å². The topological polar surface area (TPSA) is 23.8 Å². The van der Waals surface area contributed by atoms with Gasteiger partial charge in [0.2, 0.25) is 0 Å². The summed E-state index contributed by atoms with van der Waals surface area (Å²) in [5.74, 6) is 0.677. The van der Waals surface area contributed by atoms with Crippen molar-refractivity contribution in [3.05, 3.63) is 0 Å². The molecule has 0 saturated carbocycles. The van der Waals surface area contributed by atoms with Crippen molar-refractivity contribution in [3.8, 4) is 6.07 Å². The highest BCUT2D eigenvalue weighted by molar-refractivity contribution is 4.75. The summed E-state index contributed by atoms with van der Waals surface area (Å²) in [5, 5.41) is 8.64. The molecule has 1 heteroatoms. The van der Waals surface area contributed by atoms with Crippen LogP contribution in [0.15, 0.2) is 0 Å². The third-order valence-electron chi connectivity index (χ3n) is 2.56. The summed E-state index contributed by atoms with van der Waals surface area (Å²) >= 11 is 0. The molecule has 0 fully saturated rings. The largest absolute Gasteiger partial charge is 0.198 e. The molecular formula is C12H23N. The van der Waals surface area contributed by atoms with E-state index in [1.807, 2.05) is 0 Å². The van der Waals surface area contributed by atoms with Crippen LogP contribution >= 0.6 is 0 Å². The molecule has 1 unspecified atom stereocenters. The van der Waals surface area contributed by atoms with Crippen LogP contribution in [0.5, 0.6) is 0 Å². The molecule has 0 radical (unpaired) electrons. The van der Waals surface area contributed by atoms with E-state index in [0.29, 0.717) is 5.92 Å². The minimum Gasteiger partial charge on any atom is -0.198 e. The van der Waals surface area contributed by atoms with Crippen molar-refractivity contribution in [1.82, 2.24) is 0 Å². The number of nitrogens with zero attached hydrogens (tertiary/aromatic N) is 1. The zero-order valence-corrected chi connectivity index (χ0v) is 9.18. The number of hydrogen-bond donors (Lipinski definition) is 0. The summed E-state index contributed by atoms with van der Waals surface area (Å²) in [6.07, 6.45) is 9.76. The average Bonchev–Trinajstić information content (AvgIpc) is 2.14. The van der Waals surface area contributed by atoms with Gasteiger partial charge in [0.25, 0.3) is 0 Å². The van der Waals surface area contributed by atoms with Crippen molar-refractivity contribution in [2.45, 2.75) is 65.2 Å². The minimum absolute atomic E-state index is 0.677. The van der Waals surface area contributed by atoms with Gasteiger partial charge in [0, 0.05) is 6.42 Å². The Morgan fingerprint density at radius 3 is 2.15 bits per heavy atom. The Hall–Kier alpha value is -0.510. The van der Waals surface area contributed by atoms with Gasteiger partial charge in [0.05, 0.1) is 6.07 Å². The van der Waals surface area contributed by atoms with E-state index in [1.54, 1.807) is 0 Å². The zero-order valence-electron chi connectivity index (χ0n) is 9.18. The third kappa shape index (κ3) is 7.84. The monoisotopic (exact) mass is 181 g/mol. The molecule has 0 N–H and O–H groups in total. The Bertz CT molecular complexity index is 135. The molecule has 1 nitrogen and oxygen atoms in total. The standard InChI is InChI=1S/C12H23N/c1-3-5-7-9-12(10-11-13)8-6-4-2/h12H,3-10H2,1-2H3. The summed E-state index contributed by atoms with van der Waals surface area (Å²) in [6.45, 7) is 4.45. The molecule has 76 valence electrons. The Morgan fingerprint density at radius 1 is 1.00 bits per heavy atom. The first-order valence-corrected chi connectivity index (χ1v) is 5.72. The Balaban J connectivity index is 3.48. The van der Waals surface area contributed by atoms with Crippen molar-refractivity contribution in [3.63, 3.8) is 0 Å². The maximum absolute atomic E-state index is 8.64. The van der Waals surface area contributed by atoms with Gasteiger partial charge in [0.15, 0.2) is 0 Å². The summed E-state index contributed by atoms with van der Waals surface area (Å²) in [5.41, 5.74) is 0. The molecule has 0 aliphatic rings. The highest BCUT2D eigenvalue weighted by atomic mass is 14.2. The summed E-state index contributed by atoms with van der Waals surface area (Å²) in [6, 6.07) is 2.30. The molecule has 0 rings (SSSR count). The fourth-order valence-corrected chi connectivity index (χ4v) is 1.65. The van der Waals surface area contributed by atoms with E-state index in [4.69, 9.17) is 5.26 Å². The first kappa shape index (κ1) is 12.5. The summed E-state index contributed by atoms with van der Waals surface area (Å²) in [4.78, 5) is 0. The highest BCUT2D eigenvalue weighted by Crippen LogP contribution is 2.19. The van der Waals surface area contributed by atoms with Gasteiger partial charge in [-0.1, -0.05) is 46.0 Å². The van der Waals surface area contributed by atoms with Crippen LogP contribution in [0.4, 0.5) is 0 Å². The molecule has 0 heterocycles. The van der Waals surface area contributed by atoms with Crippen LogP contribution < -0.4 is 0 Å². The van der Waals surface area contributed by atoms with Crippen molar-refractivity contribution < 1.29 is 0 Å². The molecule has 13 heavy (non-hydrogen) atoms. The van der Waals surface area contributed by atoms with Gasteiger partial charge in [-0.15, -0.1) is 0 Å². The number of nitriles is 1. The number of hydrogen-bond acceptors (Lipinski definition) is 1. The number of rotatable bonds is 8. The molecule has 0 aromatic carbocycles. The van der Waals surface area contributed by atoms with Gasteiger partial charge in [-0.25, -0.2) is 0 Å². The van der Waals surface area contributed by atoms with Crippen LogP contribution in [0.1, 0.15) is 65.2 Å². The molecular weight excluding hydrogens is 158 g/mol. The summed E-state index contributed by atoms with van der Waals surface area (Å²) < 4.78 is 0. The van der Waals surface area contributed by atoms with Crippen molar-refractivity contribution in [1.29, 1.82) is 5.26 Å². The third-order valence-corrected chi connectivity index (χ3v) is 2.56. The predicted octanol–water partition coefficient (Wildman–Crippen LogP) is 4.29. The molecule has 0 bridgehead atoms. The maximum atomic E-state index is 8.64. The Kier molecular flexibility index (Phi) is 9.20. The van der Waals surface area contributed by atoms with Gasteiger partial charge in [-0.3, -0.25) is 0 Å². The van der Waals surface area contributed by atoms with Crippen LogP contribution in [0.3, 0.4) is 0 Å². The first-order valence-electron chi connectivity index (χ1n) is 5.72. The fourth-order valence-electron chi connectivity index (χ4n) is 1.65. The van der Waals surface area contributed by atoms with E-state index in [-0.39, 0.29) is 0 Å².